The number of carboxylic acids is 1. The van der Waals surface area contributed by atoms with Crippen molar-refractivity contribution in [2.24, 2.45) is 0 Å². The van der Waals surface area contributed by atoms with Crippen LogP contribution < -0.4 is 4.74 Å². The molecule has 0 unspecified atom stereocenters. The Balaban J connectivity index is 1.72. The van der Waals surface area contributed by atoms with Crippen molar-refractivity contribution in [3.63, 3.8) is 0 Å². The molecular formula is C26H19FO3. The fourth-order valence-corrected chi connectivity index (χ4v) is 3.30. The number of fused-ring (bicyclic) bond motifs is 1. The molecule has 0 aliphatic rings. The van der Waals surface area contributed by atoms with Gasteiger partial charge in [-0.15, -0.1) is 0 Å². The van der Waals surface area contributed by atoms with Crippen LogP contribution in [0.4, 0.5) is 4.39 Å². The lowest BCUT2D eigenvalue weighted by atomic mass is 9.99. The van der Waals surface area contributed by atoms with Gasteiger partial charge in [0.15, 0.2) is 0 Å². The second-order valence-electron chi connectivity index (χ2n) is 6.85. The molecule has 3 nitrogen and oxygen atoms in total. The van der Waals surface area contributed by atoms with Crippen LogP contribution in [0.3, 0.4) is 0 Å². The molecule has 0 saturated heterocycles. The smallest absolute Gasteiger partial charge is 0.307 e. The van der Waals surface area contributed by atoms with Crippen LogP contribution in [0.1, 0.15) is 12.0 Å². The van der Waals surface area contributed by atoms with E-state index in [4.69, 9.17) is 9.84 Å². The van der Waals surface area contributed by atoms with Crippen molar-refractivity contribution >= 4 is 22.8 Å². The molecule has 4 heteroatoms. The molecule has 148 valence electrons. The Hall–Kier alpha value is -3.92. The van der Waals surface area contributed by atoms with E-state index < -0.39 is 5.97 Å². The number of rotatable bonds is 6. The number of carbonyl (C=O) groups is 1. The summed E-state index contributed by atoms with van der Waals surface area (Å²) >= 11 is 0. The molecular weight excluding hydrogens is 379 g/mol. The van der Waals surface area contributed by atoms with Crippen LogP contribution in [0, 0.1) is 5.82 Å². The zero-order chi connectivity index (χ0) is 20.9. The Morgan fingerprint density at radius 1 is 0.933 bits per heavy atom. The highest BCUT2D eigenvalue weighted by molar-refractivity contribution is 5.95. The third kappa shape index (κ3) is 4.39. The van der Waals surface area contributed by atoms with Gasteiger partial charge in [-0.1, -0.05) is 66.7 Å². The summed E-state index contributed by atoms with van der Waals surface area (Å²) in [6.45, 7) is 0. The number of carboxylic acid groups (broad SMARTS) is 1. The fourth-order valence-electron chi connectivity index (χ4n) is 3.30. The van der Waals surface area contributed by atoms with Gasteiger partial charge in [-0.05, 0) is 46.8 Å². The lowest BCUT2D eigenvalue weighted by Gasteiger charge is -2.15. The lowest BCUT2D eigenvalue weighted by molar-refractivity contribution is -0.135. The molecule has 0 amide bonds. The molecule has 4 rings (SSSR count). The van der Waals surface area contributed by atoms with Gasteiger partial charge in [0.2, 0.25) is 0 Å². The van der Waals surface area contributed by atoms with Crippen LogP contribution in [0.25, 0.3) is 28.0 Å². The second-order valence-corrected chi connectivity index (χ2v) is 6.85. The van der Waals surface area contributed by atoms with Gasteiger partial charge in [0.1, 0.15) is 17.3 Å². The topological polar surface area (TPSA) is 46.5 Å². The number of ether oxygens (including phenoxy) is 1. The van der Waals surface area contributed by atoms with Gasteiger partial charge in [0, 0.05) is 10.9 Å². The summed E-state index contributed by atoms with van der Waals surface area (Å²) < 4.78 is 20.1. The van der Waals surface area contributed by atoms with E-state index in [1.165, 1.54) is 12.1 Å². The summed E-state index contributed by atoms with van der Waals surface area (Å²) in [5.41, 5.74) is 2.43. The maximum absolute atomic E-state index is 13.8. The number of aliphatic carboxylic acids is 1. The molecule has 0 atom stereocenters. The minimum absolute atomic E-state index is 0.0226. The van der Waals surface area contributed by atoms with Crippen molar-refractivity contribution < 1.29 is 19.0 Å². The fraction of sp³-hybridized carbons (Fsp3) is 0.0385. The average molecular weight is 398 g/mol. The van der Waals surface area contributed by atoms with Crippen molar-refractivity contribution in [1.82, 2.24) is 0 Å². The maximum atomic E-state index is 13.8. The Morgan fingerprint density at radius 3 is 2.50 bits per heavy atom. The van der Waals surface area contributed by atoms with Gasteiger partial charge < -0.3 is 9.84 Å². The number of hydrogen-bond acceptors (Lipinski definition) is 2. The molecule has 0 aliphatic carbocycles. The zero-order valence-electron chi connectivity index (χ0n) is 16.1. The highest BCUT2D eigenvalue weighted by Gasteiger charge is 2.13. The van der Waals surface area contributed by atoms with Crippen molar-refractivity contribution in [3.05, 3.63) is 102 Å². The van der Waals surface area contributed by atoms with Crippen LogP contribution in [-0.2, 0) is 4.79 Å². The molecule has 0 radical (unpaired) electrons. The molecule has 1 N–H and O–H groups in total. The first kappa shape index (κ1) is 19.4. The third-order valence-corrected chi connectivity index (χ3v) is 4.72. The molecule has 0 saturated carbocycles. The summed E-state index contributed by atoms with van der Waals surface area (Å²) in [5.74, 6) is 0.128. The lowest BCUT2D eigenvalue weighted by Crippen LogP contribution is -1.91. The Bertz CT molecular complexity index is 1230. The van der Waals surface area contributed by atoms with E-state index in [0.717, 1.165) is 27.5 Å². The van der Waals surface area contributed by atoms with Crippen LogP contribution in [0.5, 0.6) is 11.5 Å². The molecule has 4 aromatic rings. The monoisotopic (exact) mass is 398 g/mol. The van der Waals surface area contributed by atoms with Gasteiger partial charge in [0.05, 0.1) is 6.42 Å². The van der Waals surface area contributed by atoms with E-state index in [1.54, 1.807) is 18.2 Å². The van der Waals surface area contributed by atoms with Crippen molar-refractivity contribution in [2.45, 2.75) is 6.42 Å². The summed E-state index contributed by atoms with van der Waals surface area (Å²) in [6.07, 6.45) is 3.34. The minimum Gasteiger partial charge on any atom is -0.481 e. The van der Waals surface area contributed by atoms with E-state index >= 15 is 0 Å². The molecule has 0 spiro atoms. The number of benzene rings is 4. The van der Waals surface area contributed by atoms with Gasteiger partial charge in [-0.2, -0.15) is 0 Å². The van der Waals surface area contributed by atoms with Crippen molar-refractivity contribution in [2.75, 3.05) is 0 Å². The predicted molar refractivity (Wildman–Crippen MR) is 117 cm³/mol. The Kier molecular flexibility index (Phi) is 5.57. The highest BCUT2D eigenvalue weighted by Crippen LogP contribution is 2.39. The largest absolute Gasteiger partial charge is 0.481 e. The van der Waals surface area contributed by atoms with Gasteiger partial charge >= 0.3 is 5.97 Å². The molecule has 0 fully saturated rings. The summed E-state index contributed by atoms with van der Waals surface area (Å²) in [5, 5.41) is 10.7. The quantitative estimate of drug-likeness (QED) is 0.383. The molecule has 30 heavy (non-hydrogen) atoms. The number of hydrogen-bond donors (Lipinski definition) is 1. The first-order valence-corrected chi connectivity index (χ1v) is 9.54. The van der Waals surface area contributed by atoms with Gasteiger partial charge in [0.25, 0.3) is 0 Å². The van der Waals surface area contributed by atoms with Crippen LogP contribution in [0.2, 0.25) is 0 Å². The molecule has 0 heterocycles. The van der Waals surface area contributed by atoms with Gasteiger partial charge in [-0.3, -0.25) is 4.79 Å². The van der Waals surface area contributed by atoms with E-state index in [2.05, 4.69) is 0 Å². The summed E-state index contributed by atoms with van der Waals surface area (Å²) in [4.78, 5) is 10.6. The summed E-state index contributed by atoms with van der Waals surface area (Å²) in [7, 11) is 0. The molecule has 0 bridgehead atoms. The van der Waals surface area contributed by atoms with Gasteiger partial charge in [-0.25, -0.2) is 4.39 Å². The Labute approximate surface area is 173 Å². The number of halogens is 1. The van der Waals surface area contributed by atoms with E-state index in [0.29, 0.717) is 11.5 Å². The van der Waals surface area contributed by atoms with Crippen LogP contribution in [0.15, 0.2) is 91.0 Å². The van der Waals surface area contributed by atoms with E-state index in [9.17, 15) is 9.18 Å². The first-order chi connectivity index (χ1) is 14.6. The SMILES string of the molecule is O=C(O)C/C=C/c1ccc(Oc2c(-c3cccc(F)c3)ccc3ccccc23)cc1. The Morgan fingerprint density at radius 2 is 1.73 bits per heavy atom. The zero-order valence-corrected chi connectivity index (χ0v) is 16.1. The third-order valence-electron chi connectivity index (χ3n) is 4.72. The maximum Gasteiger partial charge on any atom is 0.307 e. The van der Waals surface area contributed by atoms with Crippen LogP contribution in [-0.4, -0.2) is 11.1 Å². The summed E-state index contributed by atoms with van der Waals surface area (Å²) in [6, 6.07) is 25.7. The van der Waals surface area contributed by atoms with E-state index in [1.807, 2.05) is 66.7 Å². The normalized spacial score (nSPS) is 11.1. The van der Waals surface area contributed by atoms with E-state index in [-0.39, 0.29) is 12.2 Å². The molecule has 0 aliphatic heterocycles. The predicted octanol–water partition coefficient (Wildman–Crippen LogP) is 6.93. The molecule has 4 aromatic carbocycles. The average Bonchev–Trinajstić information content (AvgIpc) is 2.75. The first-order valence-electron chi connectivity index (χ1n) is 9.54. The minimum atomic E-state index is -0.868. The second kappa shape index (κ2) is 8.62. The highest BCUT2D eigenvalue weighted by atomic mass is 19.1. The standard InChI is InChI=1S/C26H19FO3/c27-21-8-4-7-20(17-21)24-16-13-19-6-1-2-9-23(19)26(24)30-22-14-11-18(12-15-22)5-3-10-25(28)29/h1-9,11-17H,10H2,(H,28,29)/b5-3+. The van der Waals surface area contributed by atoms with Crippen molar-refractivity contribution in [3.8, 4) is 22.6 Å². The molecule has 0 aromatic heterocycles. The van der Waals surface area contributed by atoms with Crippen molar-refractivity contribution in [1.29, 1.82) is 0 Å². The van der Waals surface area contributed by atoms with Crippen LogP contribution >= 0.6 is 0 Å².